The largest absolute Gasteiger partial charge is 0.459 e. The molecule has 18 heavy (non-hydrogen) atoms. The molecule has 0 aliphatic carbocycles. The van der Waals surface area contributed by atoms with E-state index in [1.165, 1.54) is 11.1 Å². The normalized spacial score (nSPS) is 13.2. The lowest BCUT2D eigenvalue weighted by Crippen LogP contribution is -2.32. The summed E-state index contributed by atoms with van der Waals surface area (Å²) in [5.74, 6) is -0.221. The number of rotatable bonds is 4. The molecule has 100 valence electrons. The third-order valence-corrected chi connectivity index (χ3v) is 2.55. The first kappa shape index (κ1) is 14.7. The van der Waals surface area contributed by atoms with Crippen LogP contribution in [0, 0.1) is 6.92 Å². The zero-order chi connectivity index (χ0) is 13.8. The van der Waals surface area contributed by atoms with Crippen molar-refractivity contribution in [2.75, 3.05) is 6.54 Å². The Bertz CT molecular complexity index is 390. The summed E-state index contributed by atoms with van der Waals surface area (Å²) in [6.07, 6.45) is 0. The van der Waals surface area contributed by atoms with Crippen LogP contribution < -0.4 is 5.32 Å². The van der Waals surface area contributed by atoms with Gasteiger partial charge in [-0.05, 0) is 40.2 Å². The van der Waals surface area contributed by atoms with Crippen molar-refractivity contribution in [1.82, 2.24) is 5.32 Å². The first-order valence-electron chi connectivity index (χ1n) is 6.30. The number of hydrogen-bond donors (Lipinski definition) is 1. The topological polar surface area (TPSA) is 38.3 Å². The summed E-state index contributed by atoms with van der Waals surface area (Å²) in [7, 11) is 0. The molecule has 3 nitrogen and oxygen atoms in total. The summed E-state index contributed by atoms with van der Waals surface area (Å²) in [5.41, 5.74) is 1.98. The Morgan fingerprint density at radius 3 is 2.33 bits per heavy atom. The zero-order valence-corrected chi connectivity index (χ0v) is 11.9. The minimum Gasteiger partial charge on any atom is -0.459 e. The van der Waals surface area contributed by atoms with Gasteiger partial charge in [0.2, 0.25) is 0 Å². The fourth-order valence-corrected chi connectivity index (χ4v) is 1.59. The van der Waals surface area contributed by atoms with Gasteiger partial charge in [-0.1, -0.05) is 29.8 Å². The van der Waals surface area contributed by atoms with E-state index >= 15 is 0 Å². The molecular formula is C15H23NO2. The molecule has 0 saturated heterocycles. The van der Waals surface area contributed by atoms with Crippen LogP contribution in [0.5, 0.6) is 0 Å². The summed E-state index contributed by atoms with van der Waals surface area (Å²) in [6.45, 7) is 9.93. The number of carbonyl (C=O) groups excluding carboxylic acids is 1. The Balaban J connectivity index is 2.44. The van der Waals surface area contributed by atoms with Gasteiger partial charge in [0.05, 0.1) is 6.54 Å². The predicted octanol–water partition coefficient (Wildman–Crippen LogP) is 2.99. The number of carbonyl (C=O) groups is 1. The second-order valence-corrected chi connectivity index (χ2v) is 5.60. The minimum atomic E-state index is -0.425. The van der Waals surface area contributed by atoms with E-state index in [9.17, 15) is 4.79 Å². The number of aryl methyl sites for hydroxylation is 1. The van der Waals surface area contributed by atoms with Crippen molar-refractivity contribution < 1.29 is 9.53 Å². The lowest BCUT2D eigenvalue weighted by atomic mass is 10.1. The van der Waals surface area contributed by atoms with E-state index in [-0.39, 0.29) is 18.6 Å². The Morgan fingerprint density at radius 2 is 1.83 bits per heavy atom. The fraction of sp³-hybridized carbons (Fsp3) is 0.533. The van der Waals surface area contributed by atoms with Gasteiger partial charge in [-0.3, -0.25) is 4.79 Å². The molecule has 0 heterocycles. The molecule has 0 saturated carbocycles. The van der Waals surface area contributed by atoms with Crippen LogP contribution in [0.1, 0.15) is 44.9 Å². The molecule has 1 unspecified atom stereocenters. The predicted molar refractivity (Wildman–Crippen MR) is 73.4 cm³/mol. The first-order valence-corrected chi connectivity index (χ1v) is 6.30. The standard InChI is InChI=1S/C15H23NO2/c1-11-6-8-13(9-7-11)12(2)16-10-14(17)18-15(3,4)5/h6-9,12,16H,10H2,1-5H3. The molecule has 0 fully saturated rings. The maximum atomic E-state index is 11.6. The Kier molecular flexibility index (Phi) is 4.91. The van der Waals surface area contributed by atoms with Crippen molar-refractivity contribution in [1.29, 1.82) is 0 Å². The van der Waals surface area contributed by atoms with E-state index < -0.39 is 5.60 Å². The number of nitrogens with one attached hydrogen (secondary N) is 1. The molecule has 1 atom stereocenters. The molecule has 0 radical (unpaired) electrons. The molecule has 0 bridgehead atoms. The van der Waals surface area contributed by atoms with Crippen LogP contribution in [0.3, 0.4) is 0 Å². The summed E-state index contributed by atoms with van der Waals surface area (Å²) < 4.78 is 5.24. The summed E-state index contributed by atoms with van der Waals surface area (Å²) >= 11 is 0. The van der Waals surface area contributed by atoms with Crippen molar-refractivity contribution in [3.63, 3.8) is 0 Å². The Labute approximate surface area is 110 Å². The maximum Gasteiger partial charge on any atom is 0.320 e. The maximum absolute atomic E-state index is 11.6. The van der Waals surface area contributed by atoms with Gasteiger partial charge in [-0.15, -0.1) is 0 Å². The molecule has 1 aromatic carbocycles. The molecule has 1 aromatic rings. The Morgan fingerprint density at radius 1 is 1.28 bits per heavy atom. The fourth-order valence-electron chi connectivity index (χ4n) is 1.59. The van der Waals surface area contributed by atoms with Gasteiger partial charge in [0.25, 0.3) is 0 Å². The summed E-state index contributed by atoms with van der Waals surface area (Å²) in [5, 5.41) is 3.17. The van der Waals surface area contributed by atoms with Crippen LogP contribution in [0.15, 0.2) is 24.3 Å². The number of benzene rings is 1. The van der Waals surface area contributed by atoms with Crippen LogP contribution >= 0.6 is 0 Å². The average Bonchev–Trinajstić information content (AvgIpc) is 2.24. The van der Waals surface area contributed by atoms with Crippen LogP contribution in [-0.4, -0.2) is 18.1 Å². The highest BCUT2D eigenvalue weighted by atomic mass is 16.6. The minimum absolute atomic E-state index is 0.137. The zero-order valence-electron chi connectivity index (χ0n) is 11.9. The third-order valence-electron chi connectivity index (χ3n) is 2.55. The van der Waals surface area contributed by atoms with E-state index in [0.717, 1.165) is 0 Å². The van der Waals surface area contributed by atoms with Gasteiger partial charge in [-0.2, -0.15) is 0 Å². The number of esters is 1. The van der Waals surface area contributed by atoms with Crippen LogP contribution in [0.2, 0.25) is 0 Å². The summed E-state index contributed by atoms with van der Waals surface area (Å²) in [4.78, 5) is 11.6. The third kappa shape index (κ3) is 5.32. The van der Waals surface area contributed by atoms with Crippen LogP contribution in [0.25, 0.3) is 0 Å². The SMILES string of the molecule is Cc1ccc(C(C)NCC(=O)OC(C)(C)C)cc1. The highest BCUT2D eigenvalue weighted by Gasteiger charge is 2.16. The van der Waals surface area contributed by atoms with Crippen molar-refractivity contribution in [3.05, 3.63) is 35.4 Å². The molecule has 0 aliphatic heterocycles. The highest BCUT2D eigenvalue weighted by molar-refractivity contribution is 5.72. The molecular weight excluding hydrogens is 226 g/mol. The van der Waals surface area contributed by atoms with Gasteiger partial charge in [0.15, 0.2) is 0 Å². The van der Waals surface area contributed by atoms with Crippen molar-refractivity contribution in [2.45, 2.75) is 46.3 Å². The van der Waals surface area contributed by atoms with E-state index in [1.807, 2.05) is 27.7 Å². The van der Waals surface area contributed by atoms with Crippen molar-refractivity contribution >= 4 is 5.97 Å². The quantitative estimate of drug-likeness (QED) is 0.834. The van der Waals surface area contributed by atoms with Crippen LogP contribution in [0.4, 0.5) is 0 Å². The molecule has 0 amide bonds. The first-order chi connectivity index (χ1) is 8.28. The van der Waals surface area contributed by atoms with E-state index in [1.54, 1.807) is 0 Å². The number of ether oxygens (including phenoxy) is 1. The average molecular weight is 249 g/mol. The molecule has 1 rings (SSSR count). The lowest BCUT2D eigenvalue weighted by molar-refractivity contribution is -0.153. The van der Waals surface area contributed by atoms with Crippen LogP contribution in [-0.2, 0) is 9.53 Å². The van der Waals surface area contributed by atoms with Gasteiger partial charge < -0.3 is 10.1 Å². The molecule has 0 spiro atoms. The van der Waals surface area contributed by atoms with E-state index in [0.29, 0.717) is 0 Å². The molecule has 0 aliphatic rings. The highest BCUT2D eigenvalue weighted by Crippen LogP contribution is 2.13. The molecule has 1 N–H and O–H groups in total. The monoisotopic (exact) mass is 249 g/mol. The van der Waals surface area contributed by atoms with Gasteiger partial charge >= 0.3 is 5.97 Å². The van der Waals surface area contributed by atoms with Gasteiger partial charge in [0.1, 0.15) is 5.60 Å². The van der Waals surface area contributed by atoms with Gasteiger partial charge in [0, 0.05) is 6.04 Å². The van der Waals surface area contributed by atoms with Crippen molar-refractivity contribution in [3.8, 4) is 0 Å². The lowest BCUT2D eigenvalue weighted by Gasteiger charge is -2.21. The summed E-state index contributed by atoms with van der Waals surface area (Å²) in [6, 6.07) is 8.42. The smallest absolute Gasteiger partial charge is 0.320 e. The second kappa shape index (κ2) is 6.01. The van der Waals surface area contributed by atoms with E-state index in [2.05, 4.69) is 36.5 Å². The number of hydrogen-bond acceptors (Lipinski definition) is 3. The molecule has 3 heteroatoms. The molecule has 0 aromatic heterocycles. The van der Waals surface area contributed by atoms with Crippen molar-refractivity contribution in [2.24, 2.45) is 0 Å². The van der Waals surface area contributed by atoms with E-state index in [4.69, 9.17) is 4.74 Å². The van der Waals surface area contributed by atoms with Gasteiger partial charge in [-0.25, -0.2) is 0 Å². The second-order valence-electron chi connectivity index (χ2n) is 5.60. The Hall–Kier alpha value is -1.35.